The normalized spacial score (nSPS) is 13.2. The lowest BCUT2D eigenvalue weighted by atomic mass is 10.3. The molecule has 1 atom stereocenters. The van der Waals surface area contributed by atoms with E-state index in [0.29, 0.717) is 6.54 Å². The van der Waals surface area contributed by atoms with E-state index in [9.17, 15) is 13.5 Å². The highest BCUT2D eigenvalue weighted by molar-refractivity contribution is 7.89. The van der Waals surface area contributed by atoms with Crippen LogP contribution in [-0.4, -0.2) is 29.3 Å². The number of nitrogen functional groups attached to an aromatic ring is 1. The third kappa shape index (κ3) is 3.28. The lowest BCUT2D eigenvalue weighted by molar-refractivity contribution is 0.477. The van der Waals surface area contributed by atoms with Crippen LogP contribution in [0.15, 0.2) is 41.6 Å². The molecule has 0 aliphatic carbocycles. The van der Waals surface area contributed by atoms with E-state index >= 15 is 0 Å². The fraction of sp³-hybridized carbons (Fsp3) is 0.250. The number of nitrogens with one attached hydrogen (secondary N) is 1. The number of nitrogens with two attached hydrogens (primary N) is 1. The summed E-state index contributed by atoms with van der Waals surface area (Å²) >= 11 is 0. The number of sulfonamides is 1. The molecule has 20 heavy (non-hydrogen) atoms. The summed E-state index contributed by atoms with van der Waals surface area (Å²) in [4.78, 5) is 0.0140. The molecule has 7 nitrogen and oxygen atoms in total. The molecule has 2 aromatic rings. The summed E-state index contributed by atoms with van der Waals surface area (Å²) in [6.45, 7) is 2.16. The Morgan fingerprint density at radius 2 is 2.25 bits per heavy atom. The van der Waals surface area contributed by atoms with Gasteiger partial charge in [-0.25, -0.2) is 13.1 Å². The quantitative estimate of drug-likeness (QED) is 0.551. The van der Waals surface area contributed by atoms with Crippen LogP contribution >= 0.6 is 0 Å². The fourth-order valence-corrected chi connectivity index (χ4v) is 3.03. The van der Waals surface area contributed by atoms with E-state index in [1.165, 1.54) is 18.2 Å². The van der Waals surface area contributed by atoms with E-state index in [2.05, 4.69) is 9.82 Å². The van der Waals surface area contributed by atoms with Crippen LogP contribution in [0.25, 0.3) is 0 Å². The molecule has 0 saturated carbocycles. The molecule has 0 aliphatic heterocycles. The molecule has 0 spiro atoms. The van der Waals surface area contributed by atoms with Crippen LogP contribution in [0.2, 0.25) is 0 Å². The molecule has 0 amide bonds. The maximum absolute atomic E-state index is 12.2. The first-order chi connectivity index (χ1) is 9.38. The van der Waals surface area contributed by atoms with Gasteiger partial charge >= 0.3 is 0 Å². The Labute approximate surface area is 117 Å². The average molecular weight is 296 g/mol. The van der Waals surface area contributed by atoms with E-state index in [-0.39, 0.29) is 22.4 Å². The van der Waals surface area contributed by atoms with Crippen LogP contribution in [0.4, 0.5) is 5.69 Å². The number of aromatic hydroxyl groups is 1. The van der Waals surface area contributed by atoms with Crippen LogP contribution < -0.4 is 10.5 Å². The number of nitrogens with zero attached hydrogens (tertiary/aromatic N) is 2. The molecule has 1 aromatic heterocycles. The van der Waals surface area contributed by atoms with Crippen molar-refractivity contribution in [3.63, 3.8) is 0 Å². The molecule has 108 valence electrons. The maximum atomic E-state index is 12.2. The molecule has 1 aromatic carbocycles. The standard InChI is InChI=1S/C12H16N4O3S/c1-9(8-16-6-2-5-14-16)15-20(18,19)10-3-4-12(17)11(13)7-10/h2-7,9,15,17H,8,13H2,1H3. The highest BCUT2D eigenvalue weighted by Gasteiger charge is 2.18. The van der Waals surface area contributed by atoms with Gasteiger partial charge in [0.1, 0.15) is 5.75 Å². The van der Waals surface area contributed by atoms with Gasteiger partial charge in [-0.1, -0.05) is 0 Å². The molecular formula is C12H16N4O3S. The summed E-state index contributed by atoms with van der Waals surface area (Å²) < 4.78 is 28.5. The van der Waals surface area contributed by atoms with Gasteiger partial charge in [0.2, 0.25) is 10.0 Å². The van der Waals surface area contributed by atoms with E-state index in [0.717, 1.165) is 0 Å². The van der Waals surface area contributed by atoms with Gasteiger partial charge in [-0.05, 0) is 31.2 Å². The number of hydrogen-bond donors (Lipinski definition) is 3. The molecule has 1 heterocycles. The fourth-order valence-electron chi connectivity index (χ4n) is 1.76. The number of phenolic OH excluding ortho intramolecular Hbond substituents is 1. The van der Waals surface area contributed by atoms with Gasteiger partial charge in [0, 0.05) is 18.4 Å². The smallest absolute Gasteiger partial charge is 0.240 e. The van der Waals surface area contributed by atoms with Gasteiger partial charge in [-0.2, -0.15) is 5.10 Å². The van der Waals surface area contributed by atoms with Crippen molar-refractivity contribution >= 4 is 15.7 Å². The molecule has 2 rings (SSSR count). The second-order valence-electron chi connectivity index (χ2n) is 4.47. The second-order valence-corrected chi connectivity index (χ2v) is 6.19. The van der Waals surface area contributed by atoms with Crippen molar-refractivity contribution < 1.29 is 13.5 Å². The molecule has 4 N–H and O–H groups in total. The largest absolute Gasteiger partial charge is 0.506 e. The van der Waals surface area contributed by atoms with Crippen molar-refractivity contribution in [2.24, 2.45) is 0 Å². The lowest BCUT2D eigenvalue weighted by Crippen LogP contribution is -2.35. The SMILES string of the molecule is CC(Cn1cccn1)NS(=O)(=O)c1ccc(O)c(N)c1. The molecule has 0 saturated heterocycles. The summed E-state index contributed by atoms with van der Waals surface area (Å²) in [6.07, 6.45) is 3.38. The van der Waals surface area contributed by atoms with Crippen molar-refractivity contribution in [1.29, 1.82) is 0 Å². The Balaban J connectivity index is 2.12. The number of anilines is 1. The van der Waals surface area contributed by atoms with Gasteiger partial charge in [0.05, 0.1) is 17.1 Å². The van der Waals surface area contributed by atoms with Crippen LogP contribution in [0.3, 0.4) is 0 Å². The van der Waals surface area contributed by atoms with Gasteiger partial charge in [0.15, 0.2) is 0 Å². The first-order valence-corrected chi connectivity index (χ1v) is 7.45. The monoisotopic (exact) mass is 296 g/mol. The van der Waals surface area contributed by atoms with Crippen molar-refractivity contribution in [2.75, 3.05) is 5.73 Å². The zero-order valence-corrected chi connectivity index (χ0v) is 11.7. The number of rotatable bonds is 5. The van der Waals surface area contributed by atoms with Crippen molar-refractivity contribution in [1.82, 2.24) is 14.5 Å². The molecule has 0 bridgehead atoms. The Morgan fingerprint density at radius 3 is 2.85 bits per heavy atom. The minimum absolute atomic E-state index is 0.0140. The third-order valence-corrected chi connectivity index (χ3v) is 4.27. The number of phenols is 1. The highest BCUT2D eigenvalue weighted by Crippen LogP contribution is 2.23. The number of hydrogen-bond acceptors (Lipinski definition) is 5. The average Bonchev–Trinajstić information content (AvgIpc) is 2.84. The van der Waals surface area contributed by atoms with Gasteiger partial charge < -0.3 is 10.8 Å². The Kier molecular flexibility index (Phi) is 3.96. The van der Waals surface area contributed by atoms with Crippen molar-refractivity contribution in [3.05, 3.63) is 36.7 Å². The molecular weight excluding hydrogens is 280 g/mol. The van der Waals surface area contributed by atoms with Crippen molar-refractivity contribution in [3.8, 4) is 5.75 Å². The molecule has 0 aliphatic rings. The lowest BCUT2D eigenvalue weighted by Gasteiger charge is -2.14. The van der Waals surface area contributed by atoms with Crippen LogP contribution in [-0.2, 0) is 16.6 Å². The zero-order valence-electron chi connectivity index (χ0n) is 10.9. The van der Waals surface area contributed by atoms with Crippen molar-refractivity contribution in [2.45, 2.75) is 24.4 Å². The first-order valence-electron chi connectivity index (χ1n) is 5.97. The van der Waals surface area contributed by atoms with Gasteiger partial charge in [0.25, 0.3) is 0 Å². The first kappa shape index (κ1) is 14.4. The van der Waals surface area contributed by atoms with Crippen LogP contribution in [0.1, 0.15) is 6.92 Å². The summed E-state index contributed by atoms with van der Waals surface area (Å²) in [6, 6.07) is 5.20. The number of aromatic nitrogens is 2. The van der Waals surface area contributed by atoms with E-state index < -0.39 is 10.0 Å². The van der Waals surface area contributed by atoms with Gasteiger partial charge in [-0.3, -0.25) is 4.68 Å². The number of benzene rings is 1. The highest BCUT2D eigenvalue weighted by atomic mass is 32.2. The molecule has 1 unspecified atom stereocenters. The molecule has 0 radical (unpaired) electrons. The maximum Gasteiger partial charge on any atom is 0.240 e. The van der Waals surface area contributed by atoms with Crippen LogP contribution in [0.5, 0.6) is 5.75 Å². The zero-order chi connectivity index (χ0) is 14.8. The van der Waals surface area contributed by atoms with E-state index in [1.807, 2.05) is 0 Å². The molecule has 0 fully saturated rings. The topological polar surface area (TPSA) is 110 Å². The minimum Gasteiger partial charge on any atom is -0.506 e. The van der Waals surface area contributed by atoms with E-state index in [1.54, 1.807) is 30.1 Å². The predicted octanol–water partition coefficient (Wildman–Crippen LogP) is 0.538. The summed E-state index contributed by atoms with van der Waals surface area (Å²) in [7, 11) is -3.68. The second kappa shape index (κ2) is 5.51. The summed E-state index contributed by atoms with van der Waals surface area (Å²) in [5.41, 5.74) is 5.52. The Morgan fingerprint density at radius 1 is 1.50 bits per heavy atom. The van der Waals surface area contributed by atoms with Crippen LogP contribution in [0, 0.1) is 0 Å². The minimum atomic E-state index is -3.68. The van der Waals surface area contributed by atoms with Gasteiger partial charge in [-0.15, -0.1) is 0 Å². The molecule has 8 heteroatoms. The predicted molar refractivity (Wildman–Crippen MR) is 74.5 cm³/mol. The Hall–Kier alpha value is -2.06. The Bertz CT molecular complexity index is 683. The van der Waals surface area contributed by atoms with E-state index in [4.69, 9.17) is 5.73 Å². The third-order valence-electron chi connectivity index (χ3n) is 2.69. The summed E-state index contributed by atoms with van der Waals surface area (Å²) in [5.74, 6) is -0.145. The summed E-state index contributed by atoms with van der Waals surface area (Å²) in [5, 5.41) is 13.3.